The van der Waals surface area contributed by atoms with Crippen LogP contribution in [-0.4, -0.2) is 67.6 Å². The summed E-state index contributed by atoms with van der Waals surface area (Å²) in [5.41, 5.74) is -1.04. The number of aliphatic hydroxyl groups excluding tert-OH is 1. The van der Waals surface area contributed by atoms with Crippen molar-refractivity contribution in [2.75, 3.05) is 13.2 Å². The van der Waals surface area contributed by atoms with E-state index in [2.05, 4.69) is 35.9 Å². The Bertz CT molecular complexity index is 1470. The molecule has 47 heavy (non-hydrogen) atoms. The quantitative estimate of drug-likeness (QED) is 0.0664. The minimum atomic E-state index is -1.60. The average Bonchev–Trinajstić information content (AvgIpc) is 3.57. The topological polar surface area (TPSA) is 98.1 Å². The first kappa shape index (κ1) is 47.7. The molecule has 1 fully saturated rings. The van der Waals surface area contributed by atoms with Crippen molar-refractivity contribution >= 4 is 91.7 Å². The van der Waals surface area contributed by atoms with E-state index in [-0.39, 0.29) is 63.0 Å². The molecule has 0 saturated carbocycles. The Morgan fingerprint density at radius 1 is 0.851 bits per heavy atom. The monoisotopic (exact) mass is 832 g/mol. The number of halogens is 10. The second kappa shape index (κ2) is 26.5. The Morgan fingerprint density at radius 2 is 1.28 bits per heavy atom. The summed E-state index contributed by atoms with van der Waals surface area (Å²) < 4.78 is 57.3. The number of aliphatic hydroxyl groups is 1. The van der Waals surface area contributed by atoms with E-state index in [1.165, 1.54) is 31.2 Å². The number of aldehydes is 1. The van der Waals surface area contributed by atoms with Gasteiger partial charge in [-0.25, -0.2) is 37.5 Å². The normalized spacial score (nSPS) is 11.6. The molecule has 2 aromatic carbocycles. The molecule has 0 bridgehead atoms. The van der Waals surface area contributed by atoms with Crippen LogP contribution in [0.2, 0.25) is 20.9 Å². The van der Waals surface area contributed by atoms with E-state index < -0.39 is 40.5 Å². The van der Waals surface area contributed by atoms with Crippen LogP contribution in [0, 0.1) is 29.7 Å². The molecule has 1 N–H and O–H groups in total. The molecule has 0 aliphatic carbocycles. The van der Waals surface area contributed by atoms with Gasteiger partial charge in [0.05, 0.1) is 15.6 Å². The van der Waals surface area contributed by atoms with E-state index >= 15 is 0 Å². The first-order valence-electron chi connectivity index (χ1n) is 12.7. The van der Waals surface area contributed by atoms with Gasteiger partial charge >= 0.3 is 23.1 Å². The number of nitrogens with zero attached hydrogens (tertiary/aromatic N) is 4. The van der Waals surface area contributed by atoms with Crippen molar-refractivity contribution in [3.63, 3.8) is 0 Å². The number of carbonyl (C=O) groups is 1. The molecule has 5 rings (SSSR count). The predicted octanol–water partition coefficient (Wildman–Crippen LogP) is 6.12. The van der Waals surface area contributed by atoms with E-state index in [9.17, 15) is 27.5 Å². The molecular weight excluding hydrogens is 810 g/mol. The maximum Gasteiger partial charge on any atom is 2.00 e. The molecule has 252 valence electrons. The van der Waals surface area contributed by atoms with Gasteiger partial charge in [0.1, 0.15) is 39.7 Å². The van der Waals surface area contributed by atoms with Crippen LogP contribution in [0.1, 0.15) is 54.3 Å². The summed E-state index contributed by atoms with van der Waals surface area (Å²) in [5.74, 6) is -3.41. The minimum absolute atomic E-state index is 0. The molecular formula is C29H26BrCl5F4MgN4O3. The van der Waals surface area contributed by atoms with Gasteiger partial charge in [0.15, 0.2) is 6.29 Å². The number of ether oxygens (including phenoxy) is 1. The summed E-state index contributed by atoms with van der Waals surface area (Å²) in [6.45, 7) is 6.00. The zero-order valence-corrected chi connectivity index (χ0v) is 31.5. The molecule has 4 aromatic rings. The van der Waals surface area contributed by atoms with Crippen LogP contribution in [0.5, 0.6) is 0 Å². The summed E-state index contributed by atoms with van der Waals surface area (Å²) in [6, 6.07) is 6.54. The van der Waals surface area contributed by atoms with Crippen LogP contribution in [0.4, 0.5) is 17.6 Å². The maximum atomic E-state index is 13.5. The van der Waals surface area contributed by atoms with Gasteiger partial charge in [-0.15, -0.1) is 0 Å². The van der Waals surface area contributed by atoms with Crippen LogP contribution < -0.4 is 12.4 Å². The number of rotatable bonds is 3. The van der Waals surface area contributed by atoms with Crippen molar-refractivity contribution in [1.29, 1.82) is 0 Å². The van der Waals surface area contributed by atoms with Gasteiger partial charge in [-0.3, -0.25) is 4.79 Å². The van der Waals surface area contributed by atoms with E-state index in [0.717, 1.165) is 43.7 Å². The maximum absolute atomic E-state index is 13.5. The second-order valence-electron chi connectivity index (χ2n) is 8.35. The Balaban J connectivity index is 0. The SMILES string of the molecule is C1CCOC1.C[CH-]C.Clc1ncc(Br)c(Cl)n1.O=Cc1c(F)cccc1F.OC(c1cnc(Cl)nc1Cl)c1c(F)cccc1F.[Cl-].[Mg+2]. The first-order chi connectivity index (χ1) is 21.4. The summed E-state index contributed by atoms with van der Waals surface area (Å²) in [4.78, 5) is 24.5. The van der Waals surface area contributed by atoms with E-state index in [0.29, 0.717) is 9.63 Å². The van der Waals surface area contributed by atoms with Crippen molar-refractivity contribution in [3.05, 3.63) is 121 Å². The Hall–Kier alpha value is -1.39. The number of benzene rings is 2. The van der Waals surface area contributed by atoms with Gasteiger partial charge in [-0.05, 0) is 76.2 Å². The molecule has 18 heteroatoms. The van der Waals surface area contributed by atoms with Gasteiger partial charge < -0.3 is 28.7 Å². The second-order valence-corrected chi connectivity index (χ2v) is 10.6. The van der Waals surface area contributed by atoms with Crippen LogP contribution in [0.3, 0.4) is 0 Å². The van der Waals surface area contributed by atoms with Crippen molar-refractivity contribution in [1.82, 2.24) is 19.9 Å². The van der Waals surface area contributed by atoms with E-state index in [1.807, 2.05) is 20.3 Å². The van der Waals surface area contributed by atoms with Crippen molar-refractivity contribution in [2.24, 2.45) is 0 Å². The van der Waals surface area contributed by atoms with Crippen LogP contribution in [0.15, 0.2) is 53.3 Å². The van der Waals surface area contributed by atoms with Gasteiger partial charge in [0.25, 0.3) is 0 Å². The first-order valence-corrected chi connectivity index (χ1v) is 15.0. The van der Waals surface area contributed by atoms with E-state index in [1.54, 1.807) is 0 Å². The number of hydrogen-bond donors (Lipinski definition) is 1. The molecule has 1 aliphatic heterocycles. The minimum Gasteiger partial charge on any atom is -1.00 e. The molecule has 0 amide bonds. The molecule has 0 radical (unpaired) electrons. The molecule has 2 aromatic heterocycles. The molecule has 3 heterocycles. The van der Waals surface area contributed by atoms with Gasteiger partial charge in [-0.2, -0.15) is 13.8 Å². The zero-order chi connectivity index (χ0) is 33.9. The largest absolute Gasteiger partial charge is 2.00 e. The smallest absolute Gasteiger partial charge is 1.00 e. The Labute approximate surface area is 320 Å². The summed E-state index contributed by atoms with van der Waals surface area (Å²) in [5, 5.41) is 10.1. The molecule has 1 unspecified atom stereocenters. The Morgan fingerprint density at radius 3 is 1.62 bits per heavy atom. The molecule has 1 saturated heterocycles. The number of carbonyl (C=O) groups excluding carboxylic acids is 1. The zero-order valence-electron chi connectivity index (χ0n) is 24.7. The predicted molar refractivity (Wildman–Crippen MR) is 175 cm³/mol. The Kier molecular flexibility index (Phi) is 26.9. The summed E-state index contributed by atoms with van der Waals surface area (Å²) >= 11 is 25.3. The standard InChI is InChI=1S/C11H6Cl2F2N2O.C7H4F2O.C4HBrCl2N2.C4H8O.C3H7.ClH.Mg/c12-10-5(4-16-11(13)17-10)9(18)8-6(14)2-1-3-7(8)15;8-6-2-1-3-7(9)5(6)4-10;5-2-1-8-4(7)9-3(2)6;1-2-4-5-3-1;1-3-2;;/h1-4,9,18H;1-4H;1H;1-4H2;3H,1-2H3;1H;/q;;;;-1;;+2/p-1. The molecule has 1 aliphatic rings. The van der Waals surface area contributed by atoms with Crippen LogP contribution in [-0.2, 0) is 4.74 Å². The van der Waals surface area contributed by atoms with Crippen molar-refractivity contribution < 1.29 is 44.6 Å². The van der Waals surface area contributed by atoms with Gasteiger partial charge in [-0.1, -0.05) is 35.3 Å². The van der Waals surface area contributed by atoms with Crippen LogP contribution in [0.25, 0.3) is 0 Å². The molecule has 1 atom stereocenters. The summed E-state index contributed by atoms with van der Waals surface area (Å²) in [6.07, 6.45) is 5.73. The van der Waals surface area contributed by atoms with Crippen molar-refractivity contribution in [2.45, 2.75) is 32.8 Å². The molecule has 0 spiro atoms. The average molecular weight is 836 g/mol. The van der Waals surface area contributed by atoms with Gasteiger partial charge in [0, 0.05) is 31.2 Å². The third-order valence-corrected chi connectivity index (χ3v) is 6.69. The summed E-state index contributed by atoms with van der Waals surface area (Å²) in [7, 11) is 0. The number of aromatic nitrogens is 4. The van der Waals surface area contributed by atoms with Crippen LogP contribution >= 0.6 is 62.3 Å². The third-order valence-electron chi connectivity index (χ3n) is 4.92. The van der Waals surface area contributed by atoms with E-state index in [4.69, 9.17) is 51.1 Å². The van der Waals surface area contributed by atoms with Gasteiger partial charge in [0.2, 0.25) is 10.6 Å². The fraction of sp³-hybridized carbons (Fsp3) is 0.241. The van der Waals surface area contributed by atoms with Crippen molar-refractivity contribution in [3.8, 4) is 0 Å². The molecule has 7 nitrogen and oxygen atoms in total. The fourth-order valence-corrected chi connectivity index (χ4v) is 3.83. The fourth-order valence-electron chi connectivity index (χ4n) is 2.92. The number of hydrogen-bond acceptors (Lipinski definition) is 7. The third kappa shape index (κ3) is 17.7.